The molecule has 0 spiro atoms. The van der Waals surface area contributed by atoms with Gasteiger partial charge in [0, 0.05) is 12.5 Å². The number of nitrogens with one attached hydrogen (secondary N) is 1. The zero-order valence-electron chi connectivity index (χ0n) is 12.2. The molecule has 0 bridgehead atoms. The highest BCUT2D eigenvalue weighted by Gasteiger charge is 2.32. The number of hydrogen-bond donors (Lipinski definition) is 1. The van der Waals surface area contributed by atoms with Crippen LogP contribution >= 0.6 is 0 Å². The van der Waals surface area contributed by atoms with Crippen LogP contribution in [0.5, 0.6) is 11.5 Å². The highest BCUT2D eigenvalue weighted by Crippen LogP contribution is 2.37. The van der Waals surface area contributed by atoms with Crippen molar-refractivity contribution in [2.75, 3.05) is 20.2 Å². The van der Waals surface area contributed by atoms with Gasteiger partial charge in [-0.25, -0.2) is 0 Å². The van der Waals surface area contributed by atoms with Crippen molar-refractivity contribution in [1.82, 2.24) is 5.32 Å². The van der Waals surface area contributed by atoms with Crippen LogP contribution in [0.15, 0.2) is 18.2 Å². The zero-order valence-corrected chi connectivity index (χ0v) is 12.2. The number of benzene rings is 1. The van der Waals surface area contributed by atoms with E-state index < -0.39 is 11.7 Å². The molecule has 21 heavy (non-hydrogen) atoms. The van der Waals surface area contributed by atoms with Crippen LogP contribution in [0, 0.1) is 5.92 Å². The van der Waals surface area contributed by atoms with Gasteiger partial charge in [-0.1, -0.05) is 6.92 Å². The van der Waals surface area contributed by atoms with Crippen molar-refractivity contribution in [1.29, 1.82) is 0 Å². The zero-order chi connectivity index (χ0) is 15.5. The van der Waals surface area contributed by atoms with E-state index in [1.807, 2.05) is 6.92 Å². The quantitative estimate of drug-likeness (QED) is 0.927. The van der Waals surface area contributed by atoms with Gasteiger partial charge >= 0.3 is 6.18 Å². The number of halogens is 3. The molecule has 118 valence electrons. The molecule has 0 aromatic heterocycles. The molecular weight excluding hydrogens is 283 g/mol. The predicted octanol–water partition coefficient (Wildman–Crippen LogP) is 3.48. The van der Waals surface area contributed by atoms with E-state index in [0.29, 0.717) is 5.75 Å². The number of methoxy groups -OCH3 is 1. The Hall–Kier alpha value is -1.43. The summed E-state index contributed by atoms with van der Waals surface area (Å²) in [6.07, 6.45) is -2.75. The number of alkyl halides is 3. The first-order valence-electron chi connectivity index (χ1n) is 7.04. The van der Waals surface area contributed by atoms with Crippen LogP contribution in [0.3, 0.4) is 0 Å². The molecule has 1 aromatic rings. The fraction of sp³-hybridized carbons (Fsp3) is 0.600. The summed E-state index contributed by atoms with van der Waals surface area (Å²) in [5, 5.41) is 3.29. The highest BCUT2D eigenvalue weighted by molar-refractivity contribution is 5.44. The summed E-state index contributed by atoms with van der Waals surface area (Å²) in [6, 6.07) is 3.32. The maximum Gasteiger partial charge on any atom is 0.416 e. The molecule has 2 unspecified atom stereocenters. The Kier molecular flexibility index (Phi) is 4.98. The van der Waals surface area contributed by atoms with Crippen molar-refractivity contribution in [2.45, 2.75) is 32.0 Å². The number of ether oxygens (including phenoxy) is 2. The smallest absolute Gasteiger partial charge is 0.416 e. The Morgan fingerprint density at radius 3 is 2.67 bits per heavy atom. The van der Waals surface area contributed by atoms with Crippen LogP contribution in [0.4, 0.5) is 13.2 Å². The average Bonchev–Trinajstić information content (AvgIpc) is 2.63. The van der Waals surface area contributed by atoms with Gasteiger partial charge in [-0.05, 0) is 37.6 Å². The lowest BCUT2D eigenvalue weighted by Crippen LogP contribution is -2.29. The number of rotatable bonds is 3. The minimum atomic E-state index is -4.39. The van der Waals surface area contributed by atoms with Gasteiger partial charge in [-0.2, -0.15) is 13.2 Å². The van der Waals surface area contributed by atoms with Crippen molar-refractivity contribution in [3.63, 3.8) is 0 Å². The molecular formula is C15H20F3NO2. The molecule has 0 aliphatic carbocycles. The average molecular weight is 303 g/mol. The maximum absolute atomic E-state index is 12.8. The summed E-state index contributed by atoms with van der Waals surface area (Å²) in [5.74, 6) is 0.713. The second kappa shape index (κ2) is 6.56. The summed E-state index contributed by atoms with van der Waals surface area (Å²) in [5.41, 5.74) is -0.724. The molecule has 2 rings (SSSR count). The van der Waals surface area contributed by atoms with Crippen LogP contribution in [0.2, 0.25) is 0 Å². The molecule has 1 aromatic carbocycles. The normalized spacial score (nSPS) is 23.5. The van der Waals surface area contributed by atoms with Crippen molar-refractivity contribution in [2.24, 2.45) is 5.92 Å². The summed E-state index contributed by atoms with van der Waals surface area (Å²) in [7, 11) is 1.42. The molecule has 1 heterocycles. The van der Waals surface area contributed by atoms with Gasteiger partial charge in [0.2, 0.25) is 0 Å². The lowest BCUT2D eigenvalue weighted by molar-refractivity contribution is -0.137. The van der Waals surface area contributed by atoms with Crippen molar-refractivity contribution >= 4 is 0 Å². The topological polar surface area (TPSA) is 30.5 Å². The summed E-state index contributed by atoms with van der Waals surface area (Å²) in [4.78, 5) is 0. The first-order chi connectivity index (χ1) is 9.91. The molecule has 1 N–H and O–H groups in total. The van der Waals surface area contributed by atoms with Crippen LogP contribution in [0.25, 0.3) is 0 Å². The minimum Gasteiger partial charge on any atom is -0.493 e. The first kappa shape index (κ1) is 15.9. The molecule has 0 saturated carbocycles. The van der Waals surface area contributed by atoms with Crippen molar-refractivity contribution < 1.29 is 22.6 Å². The van der Waals surface area contributed by atoms with E-state index in [4.69, 9.17) is 9.47 Å². The standard InChI is InChI=1S/C15H20F3NO2/c1-10-9-19-7-3-4-12(10)21-14-8-11(15(16,17)18)5-6-13(14)20-2/h5-6,8,10,12,19H,3-4,7,9H2,1-2H3. The Labute approximate surface area is 122 Å². The lowest BCUT2D eigenvalue weighted by atomic mass is 10.0. The van der Waals surface area contributed by atoms with E-state index in [1.54, 1.807) is 0 Å². The Bertz CT molecular complexity index is 476. The van der Waals surface area contributed by atoms with Gasteiger partial charge in [0.1, 0.15) is 6.10 Å². The van der Waals surface area contributed by atoms with Gasteiger partial charge in [0.15, 0.2) is 11.5 Å². The summed E-state index contributed by atoms with van der Waals surface area (Å²) >= 11 is 0. The Balaban J connectivity index is 2.24. The first-order valence-corrected chi connectivity index (χ1v) is 7.04. The predicted molar refractivity (Wildman–Crippen MR) is 73.7 cm³/mol. The van der Waals surface area contributed by atoms with Crippen molar-refractivity contribution in [3.05, 3.63) is 23.8 Å². The van der Waals surface area contributed by atoms with E-state index in [1.165, 1.54) is 13.2 Å². The molecule has 2 atom stereocenters. The van der Waals surface area contributed by atoms with Crippen molar-refractivity contribution in [3.8, 4) is 11.5 Å². The van der Waals surface area contributed by atoms with Crippen LogP contribution in [-0.2, 0) is 6.18 Å². The third kappa shape index (κ3) is 4.03. The highest BCUT2D eigenvalue weighted by atomic mass is 19.4. The molecule has 0 amide bonds. The molecule has 1 fully saturated rings. The van der Waals surface area contributed by atoms with Crippen LogP contribution in [-0.4, -0.2) is 26.3 Å². The Morgan fingerprint density at radius 2 is 2.00 bits per heavy atom. The monoisotopic (exact) mass is 303 g/mol. The van der Waals surface area contributed by atoms with E-state index in [9.17, 15) is 13.2 Å². The largest absolute Gasteiger partial charge is 0.493 e. The minimum absolute atomic E-state index is 0.114. The molecule has 1 aliphatic rings. The fourth-order valence-corrected chi connectivity index (χ4v) is 2.46. The molecule has 6 heteroatoms. The third-order valence-electron chi connectivity index (χ3n) is 3.71. The van der Waals surface area contributed by atoms with Crippen LogP contribution < -0.4 is 14.8 Å². The van der Waals surface area contributed by atoms with Gasteiger partial charge < -0.3 is 14.8 Å². The molecule has 0 radical (unpaired) electrons. The lowest BCUT2D eigenvalue weighted by Gasteiger charge is -2.24. The van der Waals surface area contributed by atoms with Crippen LogP contribution in [0.1, 0.15) is 25.3 Å². The van der Waals surface area contributed by atoms with Gasteiger partial charge in [-0.3, -0.25) is 0 Å². The fourth-order valence-electron chi connectivity index (χ4n) is 2.46. The maximum atomic E-state index is 12.8. The summed E-state index contributed by atoms with van der Waals surface area (Å²) in [6.45, 7) is 3.74. The third-order valence-corrected chi connectivity index (χ3v) is 3.71. The molecule has 3 nitrogen and oxygen atoms in total. The summed E-state index contributed by atoms with van der Waals surface area (Å²) < 4.78 is 49.4. The van der Waals surface area contributed by atoms with E-state index in [0.717, 1.165) is 38.1 Å². The van der Waals surface area contributed by atoms with E-state index in [-0.39, 0.29) is 17.8 Å². The van der Waals surface area contributed by atoms with E-state index in [2.05, 4.69) is 5.32 Å². The second-order valence-corrected chi connectivity index (χ2v) is 5.34. The molecule has 1 aliphatic heterocycles. The van der Waals surface area contributed by atoms with Gasteiger partial charge in [0.05, 0.1) is 12.7 Å². The second-order valence-electron chi connectivity index (χ2n) is 5.34. The van der Waals surface area contributed by atoms with E-state index >= 15 is 0 Å². The van der Waals surface area contributed by atoms with Gasteiger partial charge in [0.25, 0.3) is 0 Å². The molecule has 1 saturated heterocycles. The Morgan fingerprint density at radius 1 is 1.24 bits per heavy atom. The SMILES string of the molecule is COc1ccc(C(F)(F)F)cc1OC1CCCNCC1C. The number of hydrogen-bond acceptors (Lipinski definition) is 3. The van der Waals surface area contributed by atoms with Gasteiger partial charge in [-0.15, -0.1) is 0 Å².